The predicted molar refractivity (Wildman–Crippen MR) is 122 cm³/mol. The van der Waals surface area contributed by atoms with Crippen molar-refractivity contribution in [1.82, 2.24) is 16.0 Å². The maximum atomic E-state index is 13.0. The van der Waals surface area contributed by atoms with Gasteiger partial charge in [0, 0.05) is 5.75 Å². The van der Waals surface area contributed by atoms with Crippen LogP contribution in [0.25, 0.3) is 0 Å². The highest BCUT2D eigenvalue weighted by atomic mass is 32.1. The number of carboxylic acid groups (broad SMARTS) is 1. The van der Waals surface area contributed by atoms with Crippen LogP contribution in [0.4, 0.5) is 0 Å². The fourth-order valence-corrected chi connectivity index (χ4v) is 2.98. The molecule has 0 aliphatic heterocycles. The molecule has 0 saturated carbocycles. The van der Waals surface area contributed by atoms with Crippen molar-refractivity contribution in [2.24, 2.45) is 23.3 Å². The Hall–Kier alpha value is -1.85. The highest BCUT2D eigenvalue weighted by molar-refractivity contribution is 7.80. The van der Waals surface area contributed by atoms with Crippen LogP contribution in [0.5, 0.6) is 0 Å². The number of carbonyl (C=O) groups is 4. The number of aliphatic carboxylic acids is 1. The molecule has 11 heteroatoms. The molecule has 0 saturated heterocycles. The molecule has 0 radical (unpaired) electrons. The average molecular weight is 462 g/mol. The Morgan fingerprint density at radius 1 is 0.935 bits per heavy atom. The normalized spacial score (nSPS) is 16.0. The number of unbranched alkanes of at least 4 members (excludes halogenated alkanes) is 1. The van der Waals surface area contributed by atoms with Crippen molar-refractivity contribution in [3.63, 3.8) is 0 Å². The minimum absolute atomic E-state index is 0.0941. The fraction of sp³-hybridized carbons (Fsp3) is 0.800. The summed E-state index contributed by atoms with van der Waals surface area (Å²) in [6.45, 7) is 7.74. The van der Waals surface area contributed by atoms with Crippen LogP contribution in [0.3, 0.4) is 0 Å². The molecule has 0 aromatic heterocycles. The van der Waals surface area contributed by atoms with Crippen LogP contribution in [-0.4, -0.2) is 65.3 Å². The van der Waals surface area contributed by atoms with Gasteiger partial charge in [-0.3, -0.25) is 14.4 Å². The highest BCUT2D eigenvalue weighted by Crippen LogP contribution is 2.11. The van der Waals surface area contributed by atoms with Gasteiger partial charge in [-0.05, 0) is 37.6 Å². The van der Waals surface area contributed by atoms with Gasteiger partial charge in [0.05, 0.1) is 6.04 Å². The fourth-order valence-electron chi connectivity index (χ4n) is 2.74. The molecule has 31 heavy (non-hydrogen) atoms. The van der Waals surface area contributed by atoms with Gasteiger partial charge in [0.25, 0.3) is 0 Å². The summed E-state index contributed by atoms with van der Waals surface area (Å²) in [5.74, 6) is -3.22. The summed E-state index contributed by atoms with van der Waals surface area (Å²) in [6, 6.07) is -3.80. The van der Waals surface area contributed by atoms with Crippen molar-refractivity contribution in [2.75, 3.05) is 12.3 Å². The van der Waals surface area contributed by atoms with Gasteiger partial charge in [0.1, 0.15) is 18.1 Å². The van der Waals surface area contributed by atoms with E-state index in [0.717, 1.165) is 0 Å². The average Bonchev–Trinajstić information content (AvgIpc) is 2.72. The first kappa shape index (κ1) is 29.1. The standard InChI is InChI=1S/C20H39N5O5S/c1-5-12(4)16(25-18(27)15(22)11(2)3)19(28)23-13(8-6-7-9-21)17(26)24-14(10-31)20(29)30/h11-16,31H,5-10,21-22H2,1-4H3,(H,23,28)(H,24,26)(H,25,27)(H,29,30). The molecule has 10 nitrogen and oxygen atoms in total. The molecule has 5 atom stereocenters. The molecule has 3 amide bonds. The molecule has 0 aromatic rings. The topological polar surface area (TPSA) is 177 Å². The minimum atomic E-state index is -1.22. The number of carboxylic acids is 1. The van der Waals surface area contributed by atoms with Crippen LogP contribution in [0.2, 0.25) is 0 Å². The van der Waals surface area contributed by atoms with Crippen LogP contribution in [0.1, 0.15) is 53.4 Å². The molecular weight excluding hydrogens is 422 g/mol. The molecule has 0 aliphatic rings. The minimum Gasteiger partial charge on any atom is -0.480 e. The molecule has 0 aromatic carbocycles. The summed E-state index contributed by atoms with van der Waals surface area (Å²) in [4.78, 5) is 49.3. The molecule has 5 unspecified atom stereocenters. The van der Waals surface area contributed by atoms with Gasteiger partial charge < -0.3 is 32.5 Å². The van der Waals surface area contributed by atoms with Crippen LogP contribution in [-0.2, 0) is 19.2 Å². The lowest BCUT2D eigenvalue weighted by molar-refractivity contribution is -0.141. The van der Waals surface area contributed by atoms with E-state index in [1.807, 2.05) is 13.8 Å². The lowest BCUT2D eigenvalue weighted by Crippen LogP contribution is -2.59. The van der Waals surface area contributed by atoms with Crippen LogP contribution < -0.4 is 27.4 Å². The van der Waals surface area contributed by atoms with Crippen molar-refractivity contribution >= 4 is 36.3 Å². The number of nitrogens with one attached hydrogen (secondary N) is 3. The summed E-state index contributed by atoms with van der Waals surface area (Å²) in [5, 5.41) is 16.9. The van der Waals surface area contributed by atoms with Gasteiger partial charge >= 0.3 is 5.97 Å². The second-order valence-corrected chi connectivity index (χ2v) is 8.43. The van der Waals surface area contributed by atoms with E-state index in [4.69, 9.17) is 16.6 Å². The maximum absolute atomic E-state index is 13.0. The molecule has 0 fully saturated rings. The van der Waals surface area contributed by atoms with Gasteiger partial charge in [-0.1, -0.05) is 34.1 Å². The highest BCUT2D eigenvalue weighted by Gasteiger charge is 2.32. The van der Waals surface area contributed by atoms with E-state index in [-0.39, 0.29) is 24.0 Å². The Balaban J connectivity index is 5.47. The van der Waals surface area contributed by atoms with E-state index in [2.05, 4.69) is 28.6 Å². The Morgan fingerprint density at radius 3 is 1.97 bits per heavy atom. The van der Waals surface area contributed by atoms with Gasteiger partial charge in [0.2, 0.25) is 17.7 Å². The predicted octanol–water partition coefficient (Wildman–Crippen LogP) is -0.386. The Bertz CT molecular complexity index is 605. The third kappa shape index (κ3) is 10.3. The molecule has 0 spiro atoms. The lowest BCUT2D eigenvalue weighted by Gasteiger charge is -2.28. The summed E-state index contributed by atoms with van der Waals surface area (Å²) >= 11 is 3.94. The summed E-state index contributed by atoms with van der Waals surface area (Å²) in [6.07, 6.45) is 2.09. The molecule has 180 valence electrons. The summed E-state index contributed by atoms with van der Waals surface area (Å²) in [7, 11) is 0. The first-order chi connectivity index (χ1) is 14.5. The van der Waals surface area contributed by atoms with Crippen molar-refractivity contribution in [2.45, 2.75) is 77.5 Å². The van der Waals surface area contributed by atoms with Gasteiger partial charge in [0.15, 0.2) is 0 Å². The molecule has 0 bridgehead atoms. The van der Waals surface area contributed by atoms with E-state index in [0.29, 0.717) is 25.8 Å². The van der Waals surface area contributed by atoms with Crippen LogP contribution in [0.15, 0.2) is 0 Å². The van der Waals surface area contributed by atoms with E-state index in [9.17, 15) is 19.2 Å². The number of thiol groups is 1. The van der Waals surface area contributed by atoms with E-state index in [1.54, 1.807) is 13.8 Å². The van der Waals surface area contributed by atoms with Crippen molar-refractivity contribution < 1.29 is 24.3 Å². The van der Waals surface area contributed by atoms with Crippen LogP contribution >= 0.6 is 12.6 Å². The number of rotatable bonds is 15. The molecule has 0 rings (SSSR count). The quantitative estimate of drug-likeness (QED) is 0.128. The first-order valence-corrected chi connectivity index (χ1v) is 11.3. The zero-order chi connectivity index (χ0) is 24.1. The number of hydrogen-bond acceptors (Lipinski definition) is 7. The van der Waals surface area contributed by atoms with Crippen molar-refractivity contribution in [3.8, 4) is 0 Å². The second kappa shape index (κ2) is 15.0. The van der Waals surface area contributed by atoms with Crippen molar-refractivity contribution in [3.05, 3.63) is 0 Å². The monoisotopic (exact) mass is 461 g/mol. The van der Waals surface area contributed by atoms with Crippen molar-refractivity contribution in [1.29, 1.82) is 0 Å². The van der Waals surface area contributed by atoms with E-state index >= 15 is 0 Å². The third-order valence-electron chi connectivity index (χ3n) is 5.19. The zero-order valence-corrected chi connectivity index (χ0v) is 19.8. The van der Waals surface area contributed by atoms with E-state index in [1.165, 1.54) is 0 Å². The Kier molecular flexibility index (Phi) is 14.1. The third-order valence-corrected chi connectivity index (χ3v) is 5.56. The summed E-state index contributed by atoms with van der Waals surface area (Å²) in [5.41, 5.74) is 11.4. The molecule has 0 heterocycles. The molecule has 0 aliphatic carbocycles. The number of carbonyl (C=O) groups excluding carboxylic acids is 3. The number of amides is 3. The van der Waals surface area contributed by atoms with Crippen LogP contribution in [0, 0.1) is 11.8 Å². The first-order valence-electron chi connectivity index (χ1n) is 10.7. The Morgan fingerprint density at radius 2 is 1.52 bits per heavy atom. The Labute approximate surface area is 190 Å². The second-order valence-electron chi connectivity index (χ2n) is 8.07. The van der Waals surface area contributed by atoms with Gasteiger partial charge in [-0.2, -0.15) is 12.6 Å². The lowest BCUT2D eigenvalue weighted by atomic mass is 9.96. The van der Waals surface area contributed by atoms with E-state index < -0.39 is 47.9 Å². The number of hydrogen-bond donors (Lipinski definition) is 7. The largest absolute Gasteiger partial charge is 0.480 e. The molecule has 8 N–H and O–H groups in total. The number of nitrogens with two attached hydrogens (primary N) is 2. The zero-order valence-electron chi connectivity index (χ0n) is 18.9. The molecular formula is C20H39N5O5S. The van der Waals surface area contributed by atoms with Gasteiger partial charge in [-0.15, -0.1) is 0 Å². The smallest absolute Gasteiger partial charge is 0.327 e. The maximum Gasteiger partial charge on any atom is 0.327 e. The SMILES string of the molecule is CCC(C)C(NC(=O)C(N)C(C)C)C(=O)NC(CCCCN)C(=O)NC(CS)C(=O)O. The summed E-state index contributed by atoms with van der Waals surface area (Å²) < 4.78 is 0. The van der Waals surface area contributed by atoms with Gasteiger partial charge in [-0.25, -0.2) is 4.79 Å².